The van der Waals surface area contributed by atoms with E-state index in [4.69, 9.17) is 10.5 Å². The number of rotatable bonds is 4. The number of carbonyl (C=O) groups excluding carboxylic acids is 1. The SMILES string of the molecule is COc1c(C)cc(C(=O)C(C)(C)CN)c(C)c1C. The highest BCUT2D eigenvalue weighted by molar-refractivity contribution is 6.02. The first-order chi connectivity index (χ1) is 8.26. The number of nitrogens with two attached hydrogens (primary N) is 1. The molecule has 2 N–H and O–H groups in total. The lowest BCUT2D eigenvalue weighted by atomic mass is 9.81. The van der Waals surface area contributed by atoms with Gasteiger partial charge >= 0.3 is 0 Å². The Morgan fingerprint density at radius 2 is 1.83 bits per heavy atom. The second kappa shape index (κ2) is 5.11. The number of benzene rings is 1. The molecule has 0 aliphatic rings. The summed E-state index contributed by atoms with van der Waals surface area (Å²) >= 11 is 0. The lowest BCUT2D eigenvalue weighted by Gasteiger charge is -2.23. The van der Waals surface area contributed by atoms with Gasteiger partial charge in [0, 0.05) is 17.5 Å². The lowest BCUT2D eigenvalue weighted by Crippen LogP contribution is -2.33. The van der Waals surface area contributed by atoms with Crippen LogP contribution in [0, 0.1) is 26.2 Å². The highest BCUT2D eigenvalue weighted by atomic mass is 16.5. The molecule has 0 aliphatic carbocycles. The number of hydrogen-bond donors (Lipinski definition) is 1. The van der Waals surface area contributed by atoms with Gasteiger partial charge in [0.15, 0.2) is 5.78 Å². The van der Waals surface area contributed by atoms with Crippen LogP contribution in [0.5, 0.6) is 5.75 Å². The maximum atomic E-state index is 12.5. The summed E-state index contributed by atoms with van der Waals surface area (Å²) in [6.45, 7) is 9.99. The Morgan fingerprint density at radius 1 is 1.28 bits per heavy atom. The highest BCUT2D eigenvalue weighted by Crippen LogP contribution is 2.31. The average Bonchev–Trinajstić information content (AvgIpc) is 2.33. The van der Waals surface area contributed by atoms with Gasteiger partial charge in [0.1, 0.15) is 5.75 Å². The number of methoxy groups -OCH3 is 1. The molecule has 0 aromatic heterocycles. The molecule has 0 spiro atoms. The molecule has 0 saturated carbocycles. The van der Waals surface area contributed by atoms with Crippen molar-refractivity contribution in [2.24, 2.45) is 11.1 Å². The minimum absolute atomic E-state index is 0.0938. The molecule has 0 atom stereocenters. The summed E-state index contributed by atoms with van der Waals surface area (Å²) in [5.74, 6) is 0.950. The number of aryl methyl sites for hydroxylation is 1. The van der Waals surface area contributed by atoms with E-state index >= 15 is 0 Å². The van der Waals surface area contributed by atoms with Gasteiger partial charge in [0.05, 0.1) is 7.11 Å². The third-order valence-electron chi connectivity index (χ3n) is 3.60. The smallest absolute Gasteiger partial charge is 0.169 e. The highest BCUT2D eigenvalue weighted by Gasteiger charge is 2.29. The molecule has 0 radical (unpaired) electrons. The van der Waals surface area contributed by atoms with Crippen molar-refractivity contribution in [3.63, 3.8) is 0 Å². The van der Waals surface area contributed by atoms with Crippen molar-refractivity contribution in [2.75, 3.05) is 13.7 Å². The van der Waals surface area contributed by atoms with Crippen LogP contribution >= 0.6 is 0 Å². The summed E-state index contributed by atoms with van der Waals surface area (Å²) in [6.07, 6.45) is 0. The van der Waals surface area contributed by atoms with E-state index in [2.05, 4.69) is 0 Å². The van der Waals surface area contributed by atoms with Crippen molar-refractivity contribution in [1.82, 2.24) is 0 Å². The minimum atomic E-state index is -0.530. The van der Waals surface area contributed by atoms with Crippen LogP contribution in [0.4, 0.5) is 0 Å². The van der Waals surface area contributed by atoms with Gasteiger partial charge in [-0.25, -0.2) is 0 Å². The maximum Gasteiger partial charge on any atom is 0.169 e. The summed E-state index contributed by atoms with van der Waals surface area (Å²) in [6, 6.07) is 1.90. The Bertz CT molecular complexity index is 476. The van der Waals surface area contributed by atoms with Gasteiger partial charge in [-0.1, -0.05) is 13.8 Å². The molecule has 0 fully saturated rings. The Balaban J connectivity index is 3.41. The standard InChI is InChI=1S/C15H23NO2/c1-9-7-12(14(17)15(4,5)8-16)10(2)11(3)13(9)18-6/h7H,8,16H2,1-6H3. The van der Waals surface area contributed by atoms with Crippen LogP contribution in [0.1, 0.15) is 40.9 Å². The van der Waals surface area contributed by atoms with Gasteiger partial charge in [-0.15, -0.1) is 0 Å². The van der Waals surface area contributed by atoms with Gasteiger partial charge < -0.3 is 10.5 Å². The maximum absolute atomic E-state index is 12.5. The first-order valence-electron chi connectivity index (χ1n) is 6.16. The normalized spacial score (nSPS) is 11.5. The summed E-state index contributed by atoms with van der Waals surface area (Å²) in [5.41, 5.74) is 8.88. The fourth-order valence-corrected chi connectivity index (χ4v) is 2.07. The van der Waals surface area contributed by atoms with Gasteiger partial charge in [-0.3, -0.25) is 4.79 Å². The molecule has 0 bridgehead atoms. The molecule has 0 unspecified atom stereocenters. The van der Waals surface area contributed by atoms with E-state index in [0.717, 1.165) is 28.0 Å². The zero-order valence-electron chi connectivity index (χ0n) is 12.2. The third kappa shape index (κ3) is 2.41. The first-order valence-corrected chi connectivity index (χ1v) is 6.16. The van der Waals surface area contributed by atoms with Crippen LogP contribution in [0.3, 0.4) is 0 Å². The zero-order valence-corrected chi connectivity index (χ0v) is 12.2. The van der Waals surface area contributed by atoms with Crippen LogP contribution in [-0.4, -0.2) is 19.4 Å². The fraction of sp³-hybridized carbons (Fsp3) is 0.533. The molecular weight excluding hydrogens is 226 g/mol. The lowest BCUT2D eigenvalue weighted by molar-refractivity contribution is 0.0846. The van der Waals surface area contributed by atoms with Gasteiger partial charge in [-0.2, -0.15) is 0 Å². The van der Waals surface area contributed by atoms with E-state index in [-0.39, 0.29) is 5.78 Å². The molecule has 0 heterocycles. The molecule has 3 nitrogen and oxygen atoms in total. The molecule has 0 amide bonds. The molecule has 1 aromatic carbocycles. The molecule has 1 rings (SSSR count). The van der Waals surface area contributed by atoms with E-state index in [0.29, 0.717) is 6.54 Å². The molecule has 0 saturated heterocycles. The van der Waals surface area contributed by atoms with Crippen LogP contribution in [0.25, 0.3) is 0 Å². The van der Waals surface area contributed by atoms with Crippen LogP contribution in [0.15, 0.2) is 6.07 Å². The summed E-state index contributed by atoms with van der Waals surface area (Å²) in [4.78, 5) is 12.5. The van der Waals surface area contributed by atoms with Crippen molar-refractivity contribution >= 4 is 5.78 Å². The van der Waals surface area contributed by atoms with Gasteiger partial charge in [0.2, 0.25) is 0 Å². The average molecular weight is 249 g/mol. The zero-order chi connectivity index (χ0) is 14.1. The summed E-state index contributed by atoms with van der Waals surface area (Å²) in [5, 5.41) is 0. The fourth-order valence-electron chi connectivity index (χ4n) is 2.07. The topological polar surface area (TPSA) is 52.3 Å². The van der Waals surface area contributed by atoms with E-state index in [1.54, 1.807) is 7.11 Å². The quantitative estimate of drug-likeness (QED) is 0.835. The van der Waals surface area contributed by atoms with Crippen molar-refractivity contribution in [2.45, 2.75) is 34.6 Å². The Labute approximate surface area is 109 Å². The van der Waals surface area contributed by atoms with E-state index in [1.807, 2.05) is 40.7 Å². The van der Waals surface area contributed by atoms with Crippen molar-refractivity contribution < 1.29 is 9.53 Å². The molecule has 1 aromatic rings. The monoisotopic (exact) mass is 249 g/mol. The molecule has 18 heavy (non-hydrogen) atoms. The van der Waals surface area contributed by atoms with Crippen molar-refractivity contribution in [1.29, 1.82) is 0 Å². The number of hydrogen-bond acceptors (Lipinski definition) is 3. The number of ether oxygens (including phenoxy) is 1. The summed E-state index contributed by atoms with van der Waals surface area (Å²) in [7, 11) is 1.65. The second-order valence-corrected chi connectivity index (χ2v) is 5.44. The van der Waals surface area contributed by atoms with Crippen molar-refractivity contribution in [3.05, 3.63) is 28.3 Å². The largest absolute Gasteiger partial charge is 0.496 e. The van der Waals surface area contributed by atoms with Crippen LogP contribution in [0.2, 0.25) is 0 Å². The van der Waals surface area contributed by atoms with E-state index < -0.39 is 5.41 Å². The number of carbonyl (C=O) groups is 1. The summed E-state index contributed by atoms with van der Waals surface area (Å²) < 4.78 is 5.37. The Hall–Kier alpha value is -1.35. The molecule has 3 heteroatoms. The van der Waals surface area contributed by atoms with Crippen LogP contribution in [-0.2, 0) is 0 Å². The molecule has 0 aliphatic heterocycles. The molecule has 100 valence electrons. The Kier molecular flexibility index (Phi) is 4.17. The second-order valence-electron chi connectivity index (χ2n) is 5.44. The number of Topliss-reactive ketones (excluding diaryl/α,β-unsaturated/α-hetero) is 1. The Morgan fingerprint density at radius 3 is 2.28 bits per heavy atom. The predicted molar refractivity (Wildman–Crippen MR) is 74.4 cm³/mol. The van der Waals surface area contributed by atoms with Crippen LogP contribution < -0.4 is 10.5 Å². The number of ketones is 1. The van der Waals surface area contributed by atoms with Gasteiger partial charge in [0.25, 0.3) is 0 Å². The van der Waals surface area contributed by atoms with E-state index in [9.17, 15) is 4.79 Å². The van der Waals surface area contributed by atoms with Crippen molar-refractivity contribution in [3.8, 4) is 5.75 Å². The van der Waals surface area contributed by atoms with E-state index in [1.165, 1.54) is 0 Å². The minimum Gasteiger partial charge on any atom is -0.496 e. The third-order valence-corrected chi connectivity index (χ3v) is 3.60. The first kappa shape index (κ1) is 14.7. The van der Waals surface area contributed by atoms with Gasteiger partial charge in [-0.05, 0) is 43.5 Å². The molecular formula is C15H23NO2. The predicted octanol–water partition coefficient (Wildman–Crippen LogP) is 2.79.